The van der Waals surface area contributed by atoms with Crippen LogP contribution in [0.15, 0.2) is 30.3 Å². The van der Waals surface area contributed by atoms with E-state index in [1.165, 1.54) is 18.4 Å². The second-order valence-electron chi connectivity index (χ2n) is 4.22. The summed E-state index contributed by atoms with van der Waals surface area (Å²) in [5.41, 5.74) is 1.40. The zero-order chi connectivity index (χ0) is 10.4. The van der Waals surface area contributed by atoms with E-state index in [1.807, 2.05) is 7.05 Å². The first-order valence-corrected chi connectivity index (χ1v) is 5.46. The van der Waals surface area contributed by atoms with Crippen LogP contribution >= 0.6 is 0 Å². The summed E-state index contributed by atoms with van der Waals surface area (Å²) in [6.45, 7) is 4.55. The summed E-state index contributed by atoms with van der Waals surface area (Å²) < 4.78 is 0. The summed E-state index contributed by atoms with van der Waals surface area (Å²) in [6.07, 6.45) is 2.50. The molecule has 1 N–H and O–H groups in total. The number of rotatable bonds is 5. The standard InChI is InChI=1S/C13H21N/c1-11(2)9-10-13(14-3)12-7-5-4-6-8-12/h4-8,11,13-14H,9-10H2,1-3H3. The smallest absolute Gasteiger partial charge is 0.0317 e. The highest BCUT2D eigenvalue weighted by Crippen LogP contribution is 2.19. The van der Waals surface area contributed by atoms with Crippen molar-refractivity contribution in [1.82, 2.24) is 5.32 Å². The van der Waals surface area contributed by atoms with Crippen molar-refractivity contribution >= 4 is 0 Å². The Kier molecular flexibility index (Phi) is 4.68. The molecule has 0 saturated heterocycles. The highest BCUT2D eigenvalue weighted by molar-refractivity contribution is 5.18. The molecule has 1 atom stereocenters. The molecule has 0 aliphatic carbocycles. The van der Waals surface area contributed by atoms with E-state index in [0.29, 0.717) is 6.04 Å². The van der Waals surface area contributed by atoms with Gasteiger partial charge in [-0.2, -0.15) is 0 Å². The lowest BCUT2D eigenvalue weighted by atomic mass is 9.98. The average molecular weight is 191 g/mol. The Morgan fingerprint density at radius 3 is 2.21 bits per heavy atom. The highest BCUT2D eigenvalue weighted by Gasteiger charge is 2.08. The molecule has 0 radical (unpaired) electrons. The fourth-order valence-corrected chi connectivity index (χ4v) is 1.66. The van der Waals surface area contributed by atoms with Crippen molar-refractivity contribution < 1.29 is 0 Å². The third kappa shape index (κ3) is 3.51. The van der Waals surface area contributed by atoms with Crippen LogP contribution in [0.4, 0.5) is 0 Å². The van der Waals surface area contributed by atoms with Crippen LogP contribution in [0, 0.1) is 5.92 Å². The van der Waals surface area contributed by atoms with Gasteiger partial charge in [0.05, 0.1) is 0 Å². The maximum absolute atomic E-state index is 3.37. The van der Waals surface area contributed by atoms with Gasteiger partial charge in [0.25, 0.3) is 0 Å². The van der Waals surface area contributed by atoms with Crippen LogP contribution in [0.2, 0.25) is 0 Å². The predicted octanol–water partition coefficient (Wildman–Crippen LogP) is 3.38. The van der Waals surface area contributed by atoms with E-state index in [1.54, 1.807) is 0 Å². The van der Waals surface area contributed by atoms with E-state index in [-0.39, 0.29) is 0 Å². The Bertz CT molecular complexity index is 241. The number of nitrogens with one attached hydrogen (secondary N) is 1. The van der Waals surface area contributed by atoms with Crippen LogP contribution in [-0.4, -0.2) is 7.05 Å². The number of benzene rings is 1. The summed E-state index contributed by atoms with van der Waals surface area (Å²) in [5.74, 6) is 0.787. The van der Waals surface area contributed by atoms with Crippen molar-refractivity contribution in [2.45, 2.75) is 32.7 Å². The van der Waals surface area contributed by atoms with Crippen LogP contribution in [0.25, 0.3) is 0 Å². The van der Waals surface area contributed by atoms with Crippen molar-refractivity contribution in [1.29, 1.82) is 0 Å². The monoisotopic (exact) mass is 191 g/mol. The quantitative estimate of drug-likeness (QED) is 0.752. The maximum atomic E-state index is 3.37. The van der Waals surface area contributed by atoms with Gasteiger partial charge >= 0.3 is 0 Å². The molecule has 1 aromatic rings. The molecule has 1 aromatic carbocycles. The first kappa shape index (κ1) is 11.3. The molecule has 0 heterocycles. The molecule has 1 rings (SSSR count). The predicted molar refractivity (Wildman–Crippen MR) is 62.3 cm³/mol. The zero-order valence-electron chi connectivity index (χ0n) is 9.46. The first-order chi connectivity index (χ1) is 6.74. The summed E-state index contributed by atoms with van der Waals surface area (Å²) >= 11 is 0. The van der Waals surface area contributed by atoms with E-state index in [2.05, 4.69) is 49.5 Å². The molecule has 0 aliphatic heterocycles. The van der Waals surface area contributed by atoms with Crippen LogP contribution in [0.1, 0.15) is 38.3 Å². The molecule has 0 aliphatic rings. The Balaban J connectivity index is 2.54. The molecule has 0 aromatic heterocycles. The van der Waals surface area contributed by atoms with Gasteiger partial charge in [-0.05, 0) is 31.4 Å². The third-order valence-corrected chi connectivity index (χ3v) is 2.58. The second kappa shape index (κ2) is 5.82. The van der Waals surface area contributed by atoms with Gasteiger partial charge in [0.2, 0.25) is 0 Å². The Labute approximate surface area is 87.5 Å². The van der Waals surface area contributed by atoms with Gasteiger partial charge in [-0.15, -0.1) is 0 Å². The summed E-state index contributed by atoms with van der Waals surface area (Å²) in [5, 5.41) is 3.37. The van der Waals surface area contributed by atoms with E-state index in [9.17, 15) is 0 Å². The van der Waals surface area contributed by atoms with Crippen LogP contribution in [0.3, 0.4) is 0 Å². The fourth-order valence-electron chi connectivity index (χ4n) is 1.66. The molecular weight excluding hydrogens is 170 g/mol. The fraction of sp³-hybridized carbons (Fsp3) is 0.538. The van der Waals surface area contributed by atoms with E-state index in [4.69, 9.17) is 0 Å². The second-order valence-corrected chi connectivity index (χ2v) is 4.22. The van der Waals surface area contributed by atoms with Crippen molar-refractivity contribution in [3.63, 3.8) is 0 Å². The van der Waals surface area contributed by atoms with Gasteiger partial charge in [0.15, 0.2) is 0 Å². The average Bonchev–Trinajstić information content (AvgIpc) is 2.20. The normalized spacial score (nSPS) is 13.1. The zero-order valence-corrected chi connectivity index (χ0v) is 9.46. The van der Waals surface area contributed by atoms with Crippen molar-refractivity contribution in [2.75, 3.05) is 7.05 Å². The van der Waals surface area contributed by atoms with Crippen LogP contribution < -0.4 is 5.32 Å². The molecule has 0 bridgehead atoms. The number of hydrogen-bond donors (Lipinski definition) is 1. The third-order valence-electron chi connectivity index (χ3n) is 2.58. The topological polar surface area (TPSA) is 12.0 Å². The largest absolute Gasteiger partial charge is 0.313 e. The minimum absolute atomic E-state index is 0.513. The van der Waals surface area contributed by atoms with E-state index >= 15 is 0 Å². The SMILES string of the molecule is CNC(CCC(C)C)c1ccccc1. The van der Waals surface area contributed by atoms with E-state index < -0.39 is 0 Å². The van der Waals surface area contributed by atoms with Gasteiger partial charge < -0.3 is 5.32 Å². The van der Waals surface area contributed by atoms with Crippen molar-refractivity contribution in [3.05, 3.63) is 35.9 Å². The lowest BCUT2D eigenvalue weighted by molar-refractivity contribution is 0.465. The molecular formula is C13H21N. The van der Waals surface area contributed by atoms with Crippen molar-refractivity contribution in [2.24, 2.45) is 5.92 Å². The molecule has 0 amide bonds. The lowest BCUT2D eigenvalue weighted by Crippen LogP contribution is -2.16. The summed E-state index contributed by atoms with van der Waals surface area (Å²) in [7, 11) is 2.04. The molecule has 0 spiro atoms. The molecule has 78 valence electrons. The van der Waals surface area contributed by atoms with Crippen molar-refractivity contribution in [3.8, 4) is 0 Å². The molecule has 1 unspecified atom stereocenters. The molecule has 0 saturated carbocycles. The van der Waals surface area contributed by atoms with Crippen LogP contribution in [0.5, 0.6) is 0 Å². The lowest BCUT2D eigenvalue weighted by Gasteiger charge is -2.17. The highest BCUT2D eigenvalue weighted by atomic mass is 14.9. The Morgan fingerprint density at radius 1 is 1.07 bits per heavy atom. The molecule has 1 nitrogen and oxygen atoms in total. The van der Waals surface area contributed by atoms with Gasteiger partial charge in [0, 0.05) is 6.04 Å². The molecule has 14 heavy (non-hydrogen) atoms. The minimum Gasteiger partial charge on any atom is -0.313 e. The van der Waals surface area contributed by atoms with Gasteiger partial charge in [0.1, 0.15) is 0 Å². The molecule has 1 heteroatoms. The summed E-state index contributed by atoms with van der Waals surface area (Å²) in [6, 6.07) is 11.2. The van der Waals surface area contributed by atoms with E-state index in [0.717, 1.165) is 5.92 Å². The maximum Gasteiger partial charge on any atom is 0.0317 e. The minimum atomic E-state index is 0.513. The van der Waals surface area contributed by atoms with Crippen LogP contribution in [-0.2, 0) is 0 Å². The van der Waals surface area contributed by atoms with Gasteiger partial charge in [-0.25, -0.2) is 0 Å². The first-order valence-electron chi connectivity index (χ1n) is 5.46. The Hall–Kier alpha value is -0.820. The molecule has 0 fully saturated rings. The van der Waals surface area contributed by atoms with Gasteiger partial charge in [-0.3, -0.25) is 0 Å². The Morgan fingerprint density at radius 2 is 1.71 bits per heavy atom. The van der Waals surface area contributed by atoms with Gasteiger partial charge in [-0.1, -0.05) is 44.2 Å². The number of hydrogen-bond acceptors (Lipinski definition) is 1. The summed E-state index contributed by atoms with van der Waals surface area (Å²) in [4.78, 5) is 0.